The Labute approximate surface area is 129 Å². The number of nitrogens with zero attached hydrogens (tertiary/aromatic N) is 3. The monoisotopic (exact) mass is 318 g/mol. The van der Waals surface area contributed by atoms with E-state index < -0.39 is 0 Å². The molecule has 0 radical (unpaired) electrons. The molecule has 120 valence electrons. The van der Waals surface area contributed by atoms with Crippen LogP contribution in [-0.4, -0.2) is 68.8 Å². The van der Waals surface area contributed by atoms with E-state index in [4.69, 9.17) is 21.1 Å². The van der Waals surface area contributed by atoms with Gasteiger partial charge in [0, 0.05) is 20.2 Å². The number of anilines is 1. The lowest BCUT2D eigenvalue weighted by atomic mass is 10.4. The summed E-state index contributed by atoms with van der Waals surface area (Å²) < 4.78 is 11.5. The zero-order chi connectivity index (χ0) is 15.7. The van der Waals surface area contributed by atoms with Gasteiger partial charge in [0.15, 0.2) is 0 Å². The molecule has 0 unspecified atom stereocenters. The van der Waals surface area contributed by atoms with Crippen LogP contribution in [0.15, 0.2) is 11.0 Å². The maximum atomic E-state index is 12.0. The van der Waals surface area contributed by atoms with Crippen LogP contribution in [0.3, 0.4) is 0 Å². The van der Waals surface area contributed by atoms with Gasteiger partial charge in [-0.1, -0.05) is 11.6 Å². The number of hydrogen-bond acceptors (Lipinski definition) is 6. The molecule has 21 heavy (non-hydrogen) atoms. The van der Waals surface area contributed by atoms with Gasteiger partial charge in [0.2, 0.25) is 0 Å². The quantitative estimate of drug-likeness (QED) is 0.635. The number of halogens is 1. The maximum absolute atomic E-state index is 12.0. The van der Waals surface area contributed by atoms with Crippen LogP contribution in [0.1, 0.15) is 0 Å². The minimum absolute atomic E-state index is 0.153. The Hall–Kier alpha value is -1.15. The highest BCUT2D eigenvalue weighted by atomic mass is 35.5. The Morgan fingerprint density at radius 2 is 2.14 bits per heavy atom. The Bertz CT molecular complexity index is 479. The fourth-order valence-corrected chi connectivity index (χ4v) is 1.76. The minimum Gasteiger partial charge on any atom is -0.382 e. The van der Waals surface area contributed by atoms with Crippen LogP contribution in [0, 0.1) is 0 Å². The molecular formula is C13H23ClN4O3. The highest BCUT2D eigenvalue weighted by Gasteiger charge is 2.08. The Balaban J connectivity index is 2.49. The van der Waals surface area contributed by atoms with Gasteiger partial charge in [-0.15, -0.1) is 0 Å². The van der Waals surface area contributed by atoms with E-state index >= 15 is 0 Å². The summed E-state index contributed by atoms with van der Waals surface area (Å²) in [5, 5.41) is 7.30. The van der Waals surface area contributed by atoms with Crippen LogP contribution in [0.2, 0.25) is 5.02 Å². The summed E-state index contributed by atoms with van der Waals surface area (Å²) in [5.41, 5.74) is 0.238. The lowest BCUT2D eigenvalue weighted by Gasteiger charge is -2.12. The second kappa shape index (κ2) is 9.73. The second-order valence-corrected chi connectivity index (χ2v) is 5.11. The SMILES string of the molecule is COCCOCCNc1cnn(CCN(C)C)c(=O)c1Cl. The summed E-state index contributed by atoms with van der Waals surface area (Å²) in [5.74, 6) is 0. The van der Waals surface area contributed by atoms with Crippen molar-refractivity contribution in [2.75, 3.05) is 59.4 Å². The van der Waals surface area contributed by atoms with Crippen LogP contribution >= 0.6 is 11.6 Å². The number of ether oxygens (including phenoxy) is 2. The normalized spacial score (nSPS) is 11.1. The average molecular weight is 319 g/mol. The first-order chi connectivity index (χ1) is 10.1. The molecule has 1 aromatic heterocycles. The van der Waals surface area contributed by atoms with Gasteiger partial charge in [0.05, 0.1) is 38.2 Å². The molecule has 0 saturated heterocycles. The zero-order valence-electron chi connectivity index (χ0n) is 12.8. The zero-order valence-corrected chi connectivity index (χ0v) is 13.5. The van der Waals surface area contributed by atoms with Gasteiger partial charge in [0.25, 0.3) is 5.56 Å². The van der Waals surface area contributed by atoms with E-state index in [0.29, 0.717) is 38.6 Å². The molecule has 0 aliphatic heterocycles. The van der Waals surface area contributed by atoms with E-state index in [1.165, 1.54) is 4.68 Å². The summed E-state index contributed by atoms with van der Waals surface area (Å²) in [7, 11) is 5.50. The second-order valence-electron chi connectivity index (χ2n) is 4.74. The molecule has 1 rings (SSSR count). The van der Waals surface area contributed by atoms with E-state index in [9.17, 15) is 4.79 Å². The van der Waals surface area contributed by atoms with Crippen molar-refractivity contribution < 1.29 is 9.47 Å². The lowest BCUT2D eigenvalue weighted by molar-refractivity contribution is 0.0759. The molecule has 1 aromatic rings. The third kappa shape index (κ3) is 6.43. The minimum atomic E-state index is -0.288. The molecule has 1 N–H and O–H groups in total. The van der Waals surface area contributed by atoms with Gasteiger partial charge in [-0.05, 0) is 14.1 Å². The first-order valence-corrected chi connectivity index (χ1v) is 7.15. The Kier molecular flexibility index (Phi) is 8.29. The molecule has 7 nitrogen and oxygen atoms in total. The molecular weight excluding hydrogens is 296 g/mol. The third-order valence-corrected chi connectivity index (χ3v) is 3.10. The Morgan fingerprint density at radius 3 is 2.81 bits per heavy atom. The van der Waals surface area contributed by atoms with Crippen LogP contribution in [-0.2, 0) is 16.0 Å². The predicted octanol–water partition coefficient (Wildman–Crippen LogP) is 0.533. The number of nitrogens with one attached hydrogen (secondary N) is 1. The predicted molar refractivity (Wildman–Crippen MR) is 83.2 cm³/mol. The molecule has 0 bridgehead atoms. The van der Waals surface area contributed by atoms with Crippen LogP contribution in [0.25, 0.3) is 0 Å². The number of rotatable bonds is 10. The van der Waals surface area contributed by atoms with Crippen molar-refractivity contribution in [2.45, 2.75) is 6.54 Å². The van der Waals surface area contributed by atoms with Crippen molar-refractivity contribution in [2.24, 2.45) is 0 Å². The molecule has 0 aliphatic rings. The summed E-state index contributed by atoms with van der Waals surface area (Å²) >= 11 is 6.07. The number of hydrogen-bond donors (Lipinski definition) is 1. The topological polar surface area (TPSA) is 68.6 Å². The van der Waals surface area contributed by atoms with Crippen molar-refractivity contribution in [3.05, 3.63) is 21.6 Å². The van der Waals surface area contributed by atoms with Crippen LogP contribution in [0.4, 0.5) is 5.69 Å². The van der Waals surface area contributed by atoms with Gasteiger partial charge in [0.1, 0.15) is 5.02 Å². The van der Waals surface area contributed by atoms with Crippen LogP contribution < -0.4 is 10.9 Å². The molecule has 0 fully saturated rings. The van der Waals surface area contributed by atoms with E-state index in [1.807, 2.05) is 19.0 Å². The van der Waals surface area contributed by atoms with Gasteiger partial charge >= 0.3 is 0 Å². The molecule has 0 aromatic carbocycles. The highest BCUT2D eigenvalue weighted by molar-refractivity contribution is 6.32. The Morgan fingerprint density at radius 1 is 1.38 bits per heavy atom. The summed E-state index contributed by atoms with van der Waals surface area (Å²) in [4.78, 5) is 14.0. The fourth-order valence-electron chi connectivity index (χ4n) is 1.54. The summed E-state index contributed by atoms with van der Waals surface area (Å²) in [6.45, 7) is 3.38. The molecule has 1 heterocycles. The summed E-state index contributed by atoms with van der Waals surface area (Å²) in [6.07, 6.45) is 1.56. The van der Waals surface area contributed by atoms with E-state index in [2.05, 4.69) is 10.4 Å². The van der Waals surface area contributed by atoms with E-state index in [-0.39, 0.29) is 10.6 Å². The summed E-state index contributed by atoms with van der Waals surface area (Å²) in [6, 6.07) is 0. The highest BCUT2D eigenvalue weighted by Crippen LogP contribution is 2.14. The fraction of sp³-hybridized carbons (Fsp3) is 0.692. The van der Waals surface area contributed by atoms with Gasteiger partial charge in [-0.25, -0.2) is 4.68 Å². The largest absolute Gasteiger partial charge is 0.382 e. The van der Waals surface area contributed by atoms with Gasteiger partial charge < -0.3 is 19.7 Å². The molecule has 0 spiro atoms. The van der Waals surface area contributed by atoms with Gasteiger partial charge in [-0.2, -0.15) is 5.10 Å². The smallest absolute Gasteiger partial charge is 0.287 e. The third-order valence-electron chi connectivity index (χ3n) is 2.74. The lowest BCUT2D eigenvalue weighted by Crippen LogP contribution is -2.29. The van der Waals surface area contributed by atoms with Gasteiger partial charge in [-0.3, -0.25) is 4.79 Å². The standard InChI is InChI=1S/C13H23ClN4O3/c1-17(2)5-6-18-13(19)12(14)11(10-16-18)15-4-7-21-9-8-20-3/h10,15H,4-9H2,1-3H3. The molecule has 0 amide bonds. The van der Waals surface area contributed by atoms with Crippen molar-refractivity contribution >= 4 is 17.3 Å². The maximum Gasteiger partial charge on any atom is 0.287 e. The van der Waals surface area contributed by atoms with Crippen molar-refractivity contribution in [3.63, 3.8) is 0 Å². The van der Waals surface area contributed by atoms with E-state index in [1.54, 1.807) is 13.3 Å². The number of aromatic nitrogens is 2. The number of likely N-dealkylation sites (N-methyl/N-ethyl adjacent to an activating group) is 1. The average Bonchev–Trinajstić information content (AvgIpc) is 2.45. The molecule has 0 saturated carbocycles. The first kappa shape index (κ1) is 17.9. The van der Waals surface area contributed by atoms with Crippen molar-refractivity contribution in [1.29, 1.82) is 0 Å². The van der Waals surface area contributed by atoms with Crippen molar-refractivity contribution in [3.8, 4) is 0 Å². The van der Waals surface area contributed by atoms with Crippen molar-refractivity contribution in [1.82, 2.24) is 14.7 Å². The van der Waals surface area contributed by atoms with Crippen LogP contribution in [0.5, 0.6) is 0 Å². The molecule has 0 aliphatic carbocycles. The molecule has 0 atom stereocenters. The molecule has 8 heteroatoms. The number of methoxy groups -OCH3 is 1. The first-order valence-electron chi connectivity index (χ1n) is 6.77. The van der Waals surface area contributed by atoms with E-state index in [0.717, 1.165) is 6.54 Å².